The number of hydrogen-bond acceptors (Lipinski definition) is 5. The Kier molecular flexibility index (Phi) is 4.26. The van der Waals surface area contributed by atoms with Gasteiger partial charge in [0.1, 0.15) is 16.6 Å². The van der Waals surface area contributed by atoms with Crippen molar-refractivity contribution in [2.45, 2.75) is 17.3 Å². The van der Waals surface area contributed by atoms with Gasteiger partial charge in [-0.05, 0) is 13.0 Å². The smallest absolute Gasteiger partial charge is 0.174 e. The molecule has 0 saturated carbocycles. The number of aromatic nitrogens is 2. The third-order valence-electron chi connectivity index (χ3n) is 2.26. The van der Waals surface area contributed by atoms with E-state index >= 15 is 0 Å². The van der Waals surface area contributed by atoms with Crippen molar-refractivity contribution >= 4 is 23.1 Å². The van der Waals surface area contributed by atoms with Crippen LogP contribution in [-0.2, 0) is 0 Å². The number of thioether (sulfide) groups is 1. The molecule has 0 aliphatic carbocycles. The van der Waals surface area contributed by atoms with Gasteiger partial charge in [0.2, 0.25) is 0 Å². The number of halogens is 2. The fourth-order valence-electron chi connectivity index (χ4n) is 1.39. The van der Waals surface area contributed by atoms with Crippen molar-refractivity contribution in [2.24, 2.45) is 5.73 Å². The average molecular weight is 287 g/mol. The summed E-state index contributed by atoms with van der Waals surface area (Å²) in [6.07, 6.45) is 0. The topological polar surface area (TPSA) is 51.8 Å². The molecule has 0 aliphatic heterocycles. The minimum absolute atomic E-state index is 0.310. The van der Waals surface area contributed by atoms with Gasteiger partial charge in [0.15, 0.2) is 4.34 Å². The molecule has 18 heavy (non-hydrogen) atoms. The number of nitrogens with zero attached hydrogens (tertiary/aromatic N) is 2. The van der Waals surface area contributed by atoms with Crippen molar-refractivity contribution < 1.29 is 8.78 Å². The second-order valence-corrected chi connectivity index (χ2v) is 6.12. The Morgan fingerprint density at radius 2 is 2.17 bits per heavy atom. The zero-order valence-corrected chi connectivity index (χ0v) is 11.2. The van der Waals surface area contributed by atoms with Crippen molar-refractivity contribution in [1.29, 1.82) is 0 Å². The molecule has 1 atom stereocenters. The van der Waals surface area contributed by atoms with Crippen LogP contribution >= 0.6 is 23.1 Å². The van der Waals surface area contributed by atoms with Gasteiger partial charge in [-0.3, -0.25) is 0 Å². The number of rotatable bonds is 4. The van der Waals surface area contributed by atoms with Gasteiger partial charge in [-0.1, -0.05) is 29.2 Å². The molecule has 0 bridgehead atoms. The van der Waals surface area contributed by atoms with E-state index in [0.717, 1.165) is 15.4 Å². The molecule has 3 nitrogen and oxygen atoms in total. The van der Waals surface area contributed by atoms with Crippen LogP contribution in [0.5, 0.6) is 0 Å². The van der Waals surface area contributed by atoms with E-state index in [2.05, 4.69) is 10.2 Å². The molecule has 96 valence electrons. The van der Waals surface area contributed by atoms with Crippen molar-refractivity contribution in [3.05, 3.63) is 40.4 Å². The van der Waals surface area contributed by atoms with E-state index in [9.17, 15) is 8.78 Å². The lowest BCUT2D eigenvalue weighted by Crippen LogP contribution is -2.14. The largest absolute Gasteiger partial charge is 0.323 e. The summed E-state index contributed by atoms with van der Waals surface area (Å²) in [5.41, 5.74) is 6.18. The molecular weight excluding hydrogens is 276 g/mol. The van der Waals surface area contributed by atoms with Gasteiger partial charge in [0, 0.05) is 23.4 Å². The first-order valence-corrected chi connectivity index (χ1v) is 7.00. The van der Waals surface area contributed by atoms with Crippen LogP contribution in [0.25, 0.3) is 0 Å². The van der Waals surface area contributed by atoms with E-state index in [1.165, 1.54) is 35.2 Å². The Morgan fingerprint density at radius 1 is 1.39 bits per heavy atom. The van der Waals surface area contributed by atoms with Crippen LogP contribution in [0, 0.1) is 18.6 Å². The van der Waals surface area contributed by atoms with Crippen LogP contribution in [0.1, 0.15) is 16.6 Å². The molecule has 0 saturated heterocycles. The summed E-state index contributed by atoms with van der Waals surface area (Å²) in [7, 11) is 0. The Bertz CT molecular complexity index is 545. The Morgan fingerprint density at radius 3 is 2.78 bits per heavy atom. The minimum atomic E-state index is -0.614. The van der Waals surface area contributed by atoms with Crippen LogP contribution in [0.15, 0.2) is 22.5 Å². The van der Waals surface area contributed by atoms with Crippen molar-refractivity contribution in [2.75, 3.05) is 5.75 Å². The van der Waals surface area contributed by atoms with Crippen LogP contribution in [0.2, 0.25) is 0 Å². The van der Waals surface area contributed by atoms with E-state index < -0.39 is 17.7 Å². The lowest BCUT2D eigenvalue weighted by atomic mass is 10.1. The molecule has 2 rings (SSSR count). The highest BCUT2D eigenvalue weighted by molar-refractivity contribution is 8.01. The van der Waals surface area contributed by atoms with Crippen molar-refractivity contribution in [3.63, 3.8) is 0 Å². The predicted molar refractivity (Wildman–Crippen MR) is 68.7 cm³/mol. The Balaban J connectivity index is 2.01. The third-order valence-corrected chi connectivity index (χ3v) is 4.35. The molecule has 0 aliphatic rings. The SMILES string of the molecule is Cc1nnc(SCC(N)c2ccc(F)cc2F)s1. The van der Waals surface area contributed by atoms with Gasteiger partial charge < -0.3 is 5.73 Å². The van der Waals surface area contributed by atoms with Crippen LogP contribution in [0.4, 0.5) is 8.78 Å². The number of aryl methyl sites for hydroxylation is 1. The molecule has 1 heterocycles. The Labute approximate surface area is 111 Å². The van der Waals surface area contributed by atoms with Gasteiger partial charge >= 0.3 is 0 Å². The second-order valence-electron chi connectivity index (χ2n) is 3.67. The molecular formula is C11H11F2N3S2. The van der Waals surface area contributed by atoms with Gasteiger partial charge in [0.05, 0.1) is 0 Å². The van der Waals surface area contributed by atoms with Gasteiger partial charge in [0.25, 0.3) is 0 Å². The molecule has 1 aromatic carbocycles. The molecule has 0 amide bonds. The van der Waals surface area contributed by atoms with Gasteiger partial charge in [-0.15, -0.1) is 10.2 Å². The molecule has 1 aromatic heterocycles. The summed E-state index contributed by atoms with van der Waals surface area (Å²) in [6.45, 7) is 1.86. The first-order chi connectivity index (χ1) is 8.56. The summed E-state index contributed by atoms with van der Waals surface area (Å²) < 4.78 is 27.0. The van der Waals surface area contributed by atoms with E-state index in [-0.39, 0.29) is 0 Å². The predicted octanol–water partition coefficient (Wildman–Crippen LogP) is 2.92. The summed E-state index contributed by atoms with van der Waals surface area (Å²) in [5, 5.41) is 8.69. The molecule has 1 unspecified atom stereocenters. The summed E-state index contributed by atoms with van der Waals surface area (Å²) in [5.74, 6) is -0.746. The second kappa shape index (κ2) is 5.73. The summed E-state index contributed by atoms with van der Waals surface area (Å²) >= 11 is 2.88. The highest BCUT2D eigenvalue weighted by Gasteiger charge is 2.13. The molecule has 7 heteroatoms. The first kappa shape index (κ1) is 13.4. The Hall–Kier alpha value is -1.05. The normalized spacial score (nSPS) is 12.7. The zero-order valence-electron chi connectivity index (χ0n) is 9.56. The maximum Gasteiger partial charge on any atom is 0.174 e. The number of benzene rings is 1. The molecule has 0 fully saturated rings. The quantitative estimate of drug-likeness (QED) is 0.878. The van der Waals surface area contributed by atoms with Crippen LogP contribution in [-0.4, -0.2) is 16.0 Å². The van der Waals surface area contributed by atoms with Crippen molar-refractivity contribution in [1.82, 2.24) is 10.2 Å². The fraction of sp³-hybridized carbons (Fsp3) is 0.273. The monoisotopic (exact) mass is 287 g/mol. The van der Waals surface area contributed by atoms with E-state index in [1.807, 2.05) is 6.92 Å². The maximum absolute atomic E-state index is 13.5. The summed E-state index contributed by atoms with van der Waals surface area (Å²) in [4.78, 5) is 0. The molecule has 2 aromatic rings. The number of hydrogen-bond donors (Lipinski definition) is 1. The molecule has 2 N–H and O–H groups in total. The molecule has 0 radical (unpaired) electrons. The lowest BCUT2D eigenvalue weighted by Gasteiger charge is -2.11. The molecule has 0 spiro atoms. The highest BCUT2D eigenvalue weighted by atomic mass is 32.2. The van der Waals surface area contributed by atoms with E-state index in [1.54, 1.807) is 0 Å². The van der Waals surface area contributed by atoms with Gasteiger partial charge in [-0.25, -0.2) is 8.78 Å². The van der Waals surface area contributed by atoms with Gasteiger partial charge in [-0.2, -0.15) is 0 Å². The highest BCUT2D eigenvalue weighted by Crippen LogP contribution is 2.27. The average Bonchev–Trinajstić information content (AvgIpc) is 2.72. The van der Waals surface area contributed by atoms with E-state index in [0.29, 0.717) is 11.3 Å². The maximum atomic E-state index is 13.5. The van der Waals surface area contributed by atoms with Crippen LogP contribution < -0.4 is 5.73 Å². The summed E-state index contributed by atoms with van der Waals surface area (Å²) in [6, 6.07) is 2.92. The van der Waals surface area contributed by atoms with Crippen LogP contribution in [0.3, 0.4) is 0 Å². The van der Waals surface area contributed by atoms with E-state index in [4.69, 9.17) is 5.73 Å². The fourth-order valence-corrected chi connectivity index (χ4v) is 3.21. The zero-order chi connectivity index (χ0) is 13.1. The minimum Gasteiger partial charge on any atom is -0.323 e. The standard InChI is InChI=1S/C11H11F2N3S2/c1-6-15-16-11(18-6)17-5-10(14)8-3-2-7(12)4-9(8)13/h2-4,10H,5,14H2,1H3. The number of nitrogens with two attached hydrogens (primary N) is 1. The third kappa shape index (κ3) is 3.24. The van der Waals surface area contributed by atoms with Crippen molar-refractivity contribution in [3.8, 4) is 0 Å². The lowest BCUT2D eigenvalue weighted by molar-refractivity contribution is 0.563. The first-order valence-electron chi connectivity index (χ1n) is 5.19.